The predicted molar refractivity (Wildman–Crippen MR) is 115 cm³/mol. The lowest BCUT2D eigenvalue weighted by Crippen LogP contribution is -2.21. The van der Waals surface area contributed by atoms with E-state index in [0.717, 1.165) is 72.8 Å². The van der Waals surface area contributed by atoms with Gasteiger partial charge in [0.05, 0.1) is 5.69 Å². The van der Waals surface area contributed by atoms with Crippen molar-refractivity contribution >= 4 is 34.2 Å². The van der Waals surface area contributed by atoms with Gasteiger partial charge in [-0.1, -0.05) is 26.7 Å². The van der Waals surface area contributed by atoms with Crippen LogP contribution >= 0.6 is 23.1 Å². The first-order chi connectivity index (χ1) is 13.0. The Kier molecular flexibility index (Phi) is 8.80. The summed E-state index contributed by atoms with van der Waals surface area (Å²) in [6, 6.07) is 0. The molecule has 5 N–H and O–H groups in total. The summed E-state index contributed by atoms with van der Waals surface area (Å²) in [6.45, 7) is 4.24. The molecule has 148 valence electrons. The van der Waals surface area contributed by atoms with Gasteiger partial charge in [0, 0.05) is 34.6 Å². The minimum Gasteiger partial charge on any atom is -0.370 e. The second-order valence-corrected chi connectivity index (χ2v) is 8.16. The van der Waals surface area contributed by atoms with E-state index in [0.29, 0.717) is 5.13 Å². The number of aliphatic imine (C=N–C) groups is 1. The van der Waals surface area contributed by atoms with Crippen molar-refractivity contribution in [2.75, 3.05) is 5.75 Å². The summed E-state index contributed by atoms with van der Waals surface area (Å²) >= 11 is 3.16. The Hall–Kier alpha value is -1.87. The summed E-state index contributed by atoms with van der Waals surface area (Å²) < 4.78 is 0. The fraction of sp³-hybridized carbons (Fsp3) is 0.556. The first-order valence-corrected chi connectivity index (χ1v) is 11.3. The van der Waals surface area contributed by atoms with Crippen molar-refractivity contribution in [2.45, 2.75) is 58.1 Å². The number of unbranched alkanes of at least 4 members (excludes halogenated alkanes) is 2. The van der Waals surface area contributed by atoms with E-state index in [1.807, 2.05) is 5.38 Å². The Balaban J connectivity index is 1.88. The minimum atomic E-state index is -0.0666. The second-order valence-electron chi connectivity index (χ2n) is 6.22. The Morgan fingerprint density at radius 2 is 2.07 bits per heavy atom. The molecule has 7 nitrogen and oxygen atoms in total. The Labute approximate surface area is 168 Å². The van der Waals surface area contributed by atoms with Crippen LogP contribution in [0, 0.1) is 0 Å². The summed E-state index contributed by atoms with van der Waals surface area (Å²) in [4.78, 5) is 28.3. The number of guanidine groups is 1. The molecule has 0 saturated heterocycles. The zero-order valence-electron chi connectivity index (χ0n) is 16.0. The van der Waals surface area contributed by atoms with Crippen LogP contribution in [0.1, 0.15) is 55.9 Å². The summed E-state index contributed by atoms with van der Waals surface area (Å²) in [5.74, 6) is 2.42. The average Bonchev–Trinajstić information content (AvgIpc) is 3.06. The van der Waals surface area contributed by atoms with E-state index in [-0.39, 0.29) is 11.5 Å². The third-order valence-electron chi connectivity index (χ3n) is 4.04. The molecule has 0 amide bonds. The van der Waals surface area contributed by atoms with Crippen LogP contribution in [-0.4, -0.2) is 26.7 Å². The number of aromatic nitrogens is 3. The standard InChI is InChI=1S/C18H28N6OS2/c1-3-5-6-7-13-14(4-2)22-15(23-16(13)25)8-9-26-10-12-11-27-18(21-12)24-17(19)20/h11H,3-10H2,1-2H3,(H,22,23,25)(H4,19,20,21,24). The molecule has 0 aliphatic rings. The Bertz CT molecular complexity index is 810. The number of rotatable bonds is 11. The lowest BCUT2D eigenvalue weighted by atomic mass is 10.1. The van der Waals surface area contributed by atoms with Gasteiger partial charge in [0.15, 0.2) is 5.96 Å². The number of H-pyrrole nitrogens is 1. The van der Waals surface area contributed by atoms with Crippen molar-refractivity contribution in [2.24, 2.45) is 16.5 Å². The fourth-order valence-corrected chi connectivity index (χ4v) is 4.35. The fourth-order valence-electron chi connectivity index (χ4n) is 2.70. The number of hydrogen-bond donors (Lipinski definition) is 3. The van der Waals surface area contributed by atoms with E-state index in [1.165, 1.54) is 11.3 Å². The van der Waals surface area contributed by atoms with Crippen molar-refractivity contribution in [3.05, 3.63) is 38.5 Å². The zero-order valence-corrected chi connectivity index (χ0v) is 17.6. The third-order valence-corrected chi connectivity index (χ3v) is 5.81. The first-order valence-electron chi connectivity index (χ1n) is 9.26. The van der Waals surface area contributed by atoms with E-state index in [9.17, 15) is 4.79 Å². The van der Waals surface area contributed by atoms with Crippen LogP contribution in [0.25, 0.3) is 0 Å². The second kappa shape index (κ2) is 11.1. The largest absolute Gasteiger partial charge is 0.370 e. The molecule has 0 bridgehead atoms. The zero-order chi connectivity index (χ0) is 19.6. The van der Waals surface area contributed by atoms with Gasteiger partial charge in [0.2, 0.25) is 5.13 Å². The van der Waals surface area contributed by atoms with Crippen LogP contribution in [-0.2, 0) is 25.0 Å². The van der Waals surface area contributed by atoms with Gasteiger partial charge in [-0.05, 0) is 19.3 Å². The van der Waals surface area contributed by atoms with E-state index < -0.39 is 0 Å². The molecule has 2 rings (SSSR count). The van der Waals surface area contributed by atoms with Gasteiger partial charge in [-0.3, -0.25) is 4.79 Å². The molecule has 2 heterocycles. The summed E-state index contributed by atoms with van der Waals surface area (Å²) in [6.07, 6.45) is 5.70. The molecule has 2 aromatic rings. The van der Waals surface area contributed by atoms with Crippen LogP contribution in [0.3, 0.4) is 0 Å². The number of hydrogen-bond acceptors (Lipinski definition) is 6. The molecule has 2 aromatic heterocycles. The highest BCUT2D eigenvalue weighted by Gasteiger charge is 2.10. The van der Waals surface area contributed by atoms with Crippen LogP contribution in [0.15, 0.2) is 15.2 Å². The Morgan fingerprint density at radius 1 is 1.26 bits per heavy atom. The summed E-state index contributed by atoms with van der Waals surface area (Å²) in [7, 11) is 0. The number of aromatic amines is 1. The molecular weight excluding hydrogens is 380 g/mol. The van der Waals surface area contributed by atoms with E-state index in [1.54, 1.807) is 11.8 Å². The highest BCUT2D eigenvalue weighted by atomic mass is 32.2. The SMILES string of the molecule is CCCCCc1c(CC)[nH]c(CCSCc2csc(N=C(N)N)n2)nc1=O. The van der Waals surface area contributed by atoms with Crippen molar-refractivity contribution in [1.29, 1.82) is 0 Å². The molecular formula is C18H28N6OS2. The molecule has 27 heavy (non-hydrogen) atoms. The van der Waals surface area contributed by atoms with Crippen molar-refractivity contribution in [1.82, 2.24) is 15.0 Å². The smallest absolute Gasteiger partial charge is 0.276 e. The molecule has 0 saturated carbocycles. The van der Waals surface area contributed by atoms with Crippen LogP contribution in [0.2, 0.25) is 0 Å². The van der Waals surface area contributed by atoms with E-state index in [2.05, 4.69) is 33.8 Å². The number of nitrogens with one attached hydrogen (secondary N) is 1. The van der Waals surface area contributed by atoms with Gasteiger partial charge >= 0.3 is 0 Å². The molecule has 0 aliphatic carbocycles. The third kappa shape index (κ3) is 6.99. The number of thioether (sulfide) groups is 1. The van der Waals surface area contributed by atoms with Gasteiger partial charge < -0.3 is 16.5 Å². The van der Waals surface area contributed by atoms with E-state index >= 15 is 0 Å². The maximum absolute atomic E-state index is 12.4. The lowest BCUT2D eigenvalue weighted by molar-refractivity contribution is 0.699. The van der Waals surface area contributed by atoms with E-state index in [4.69, 9.17) is 11.5 Å². The van der Waals surface area contributed by atoms with Gasteiger partial charge in [-0.25, -0.2) is 4.98 Å². The Morgan fingerprint density at radius 3 is 2.78 bits per heavy atom. The molecule has 0 aliphatic heterocycles. The lowest BCUT2D eigenvalue weighted by Gasteiger charge is -2.09. The topological polar surface area (TPSA) is 123 Å². The van der Waals surface area contributed by atoms with Gasteiger partial charge in [-0.15, -0.1) is 11.3 Å². The van der Waals surface area contributed by atoms with Crippen LogP contribution in [0.4, 0.5) is 5.13 Å². The summed E-state index contributed by atoms with van der Waals surface area (Å²) in [5, 5.41) is 2.53. The molecule has 0 atom stereocenters. The maximum atomic E-state index is 12.4. The number of aryl methyl sites for hydroxylation is 2. The highest BCUT2D eigenvalue weighted by molar-refractivity contribution is 7.98. The van der Waals surface area contributed by atoms with Gasteiger partial charge in [0.1, 0.15) is 5.82 Å². The predicted octanol–water partition coefficient (Wildman–Crippen LogP) is 2.90. The first kappa shape index (κ1) is 21.4. The van der Waals surface area contributed by atoms with Crippen molar-refractivity contribution in [3.8, 4) is 0 Å². The van der Waals surface area contributed by atoms with Crippen molar-refractivity contribution in [3.63, 3.8) is 0 Å². The molecule has 0 aromatic carbocycles. The maximum Gasteiger partial charge on any atom is 0.276 e. The van der Waals surface area contributed by atoms with Gasteiger partial charge in [-0.2, -0.15) is 21.7 Å². The van der Waals surface area contributed by atoms with Crippen molar-refractivity contribution < 1.29 is 0 Å². The normalized spacial score (nSPS) is 10.9. The van der Waals surface area contributed by atoms with Crippen LogP contribution in [0.5, 0.6) is 0 Å². The number of nitrogens with two attached hydrogens (primary N) is 2. The number of thiazole rings is 1. The monoisotopic (exact) mass is 408 g/mol. The molecule has 0 spiro atoms. The highest BCUT2D eigenvalue weighted by Crippen LogP contribution is 2.22. The molecule has 0 fully saturated rings. The molecule has 0 unspecified atom stereocenters. The molecule has 0 radical (unpaired) electrons. The summed E-state index contributed by atoms with van der Waals surface area (Å²) in [5.41, 5.74) is 13.5. The molecule has 9 heteroatoms. The van der Waals surface area contributed by atoms with Gasteiger partial charge in [0.25, 0.3) is 5.56 Å². The average molecular weight is 409 g/mol. The van der Waals surface area contributed by atoms with Crippen LogP contribution < -0.4 is 17.0 Å². The quantitative estimate of drug-likeness (QED) is 0.298. The minimum absolute atomic E-state index is 0.0171. The number of nitrogens with zero attached hydrogens (tertiary/aromatic N) is 3.